The molecular formula is C13H19NO3S. The van der Waals surface area contributed by atoms with Gasteiger partial charge in [0.2, 0.25) is 5.91 Å². The Kier molecular flexibility index (Phi) is 4.02. The molecule has 1 heterocycles. The summed E-state index contributed by atoms with van der Waals surface area (Å²) in [7, 11) is 0. The van der Waals surface area contributed by atoms with Gasteiger partial charge in [-0.2, -0.15) is 11.8 Å². The van der Waals surface area contributed by atoms with E-state index in [0.717, 1.165) is 12.2 Å². The number of carbonyl (C=O) groups is 1. The smallest absolute Gasteiger partial charge is 0.223 e. The molecule has 0 saturated heterocycles. The summed E-state index contributed by atoms with van der Waals surface area (Å²) in [6.45, 7) is 2.04. The maximum absolute atomic E-state index is 11.9. The van der Waals surface area contributed by atoms with Crippen molar-refractivity contribution in [3.05, 3.63) is 24.2 Å². The summed E-state index contributed by atoms with van der Waals surface area (Å²) in [5.74, 6) is 1.72. The molecule has 3 atom stereocenters. The van der Waals surface area contributed by atoms with Crippen molar-refractivity contribution in [2.24, 2.45) is 5.92 Å². The zero-order valence-electron chi connectivity index (χ0n) is 10.7. The molecule has 1 aliphatic carbocycles. The first kappa shape index (κ1) is 13.5. The number of furan rings is 1. The van der Waals surface area contributed by atoms with E-state index in [-0.39, 0.29) is 17.7 Å². The van der Waals surface area contributed by atoms with Crippen molar-refractivity contribution >= 4 is 17.7 Å². The SMILES string of the molecule is CSCC(C)(O)CNC(=O)C1CC1c1ccco1. The molecule has 2 N–H and O–H groups in total. The van der Waals surface area contributed by atoms with Crippen LogP contribution in [0.4, 0.5) is 0 Å². The molecule has 0 aromatic carbocycles. The molecule has 0 spiro atoms. The molecular weight excluding hydrogens is 250 g/mol. The number of aliphatic hydroxyl groups is 1. The van der Waals surface area contributed by atoms with E-state index in [1.54, 1.807) is 24.9 Å². The van der Waals surface area contributed by atoms with Gasteiger partial charge in [0.15, 0.2) is 0 Å². The first-order chi connectivity index (χ1) is 8.53. The Bertz CT molecular complexity index is 402. The van der Waals surface area contributed by atoms with Gasteiger partial charge in [-0.1, -0.05) is 0 Å². The van der Waals surface area contributed by atoms with E-state index < -0.39 is 5.60 Å². The minimum Gasteiger partial charge on any atom is -0.469 e. The average molecular weight is 269 g/mol. The van der Waals surface area contributed by atoms with Crippen molar-refractivity contribution in [2.75, 3.05) is 18.6 Å². The van der Waals surface area contributed by atoms with E-state index in [0.29, 0.717) is 12.3 Å². The molecule has 18 heavy (non-hydrogen) atoms. The van der Waals surface area contributed by atoms with Gasteiger partial charge in [-0.15, -0.1) is 0 Å². The molecule has 1 aliphatic rings. The van der Waals surface area contributed by atoms with E-state index >= 15 is 0 Å². The number of rotatable bonds is 6. The molecule has 2 rings (SSSR count). The second-order valence-electron chi connectivity index (χ2n) is 5.11. The molecule has 0 bridgehead atoms. The van der Waals surface area contributed by atoms with Crippen LogP contribution in [0.25, 0.3) is 0 Å². The van der Waals surface area contributed by atoms with Gasteiger partial charge >= 0.3 is 0 Å². The summed E-state index contributed by atoms with van der Waals surface area (Å²) in [6.07, 6.45) is 4.40. The van der Waals surface area contributed by atoms with Crippen LogP contribution in [-0.2, 0) is 4.79 Å². The topological polar surface area (TPSA) is 62.5 Å². The lowest BCUT2D eigenvalue weighted by molar-refractivity contribution is -0.123. The molecule has 4 nitrogen and oxygen atoms in total. The van der Waals surface area contributed by atoms with Crippen molar-refractivity contribution in [1.29, 1.82) is 0 Å². The lowest BCUT2D eigenvalue weighted by atomic mass is 10.1. The average Bonchev–Trinajstić information content (AvgIpc) is 2.93. The van der Waals surface area contributed by atoms with Crippen LogP contribution in [0, 0.1) is 5.92 Å². The number of hydrogen-bond donors (Lipinski definition) is 2. The Morgan fingerprint density at radius 1 is 1.72 bits per heavy atom. The molecule has 1 fully saturated rings. The maximum Gasteiger partial charge on any atom is 0.223 e. The van der Waals surface area contributed by atoms with Gasteiger partial charge in [0.1, 0.15) is 5.76 Å². The predicted molar refractivity (Wildman–Crippen MR) is 71.6 cm³/mol. The Labute approximate surface area is 111 Å². The third-order valence-electron chi connectivity index (χ3n) is 3.13. The summed E-state index contributed by atoms with van der Waals surface area (Å²) in [4.78, 5) is 11.9. The highest BCUT2D eigenvalue weighted by atomic mass is 32.2. The van der Waals surface area contributed by atoms with Crippen LogP contribution in [0.5, 0.6) is 0 Å². The summed E-state index contributed by atoms with van der Waals surface area (Å²) < 4.78 is 5.29. The molecule has 0 radical (unpaired) electrons. The Morgan fingerprint density at radius 2 is 2.50 bits per heavy atom. The molecule has 1 amide bonds. The quantitative estimate of drug-likeness (QED) is 0.823. The van der Waals surface area contributed by atoms with Gasteiger partial charge in [-0.05, 0) is 31.7 Å². The van der Waals surface area contributed by atoms with Crippen molar-refractivity contribution < 1.29 is 14.3 Å². The molecule has 100 valence electrons. The van der Waals surface area contributed by atoms with E-state index in [4.69, 9.17) is 4.42 Å². The molecule has 1 aromatic heterocycles. The first-order valence-corrected chi connectivity index (χ1v) is 7.45. The van der Waals surface area contributed by atoms with Crippen molar-refractivity contribution in [3.63, 3.8) is 0 Å². The lowest BCUT2D eigenvalue weighted by Gasteiger charge is -2.22. The van der Waals surface area contributed by atoms with E-state index in [1.807, 2.05) is 18.4 Å². The van der Waals surface area contributed by atoms with Gasteiger partial charge in [-0.3, -0.25) is 4.79 Å². The number of carbonyl (C=O) groups excluding carboxylic acids is 1. The number of amides is 1. The van der Waals surface area contributed by atoms with Crippen LogP contribution in [0.15, 0.2) is 22.8 Å². The van der Waals surface area contributed by atoms with Crippen molar-refractivity contribution in [2.45, 2.75) is 24.9 Å². The zero-order chi connectivity index (χ0) is 13.2. The van der Waals surface area contributed by atoms with E-state index in [1.165, 1.54) is 0 Å². The van der Waals surface area contributed by atoms with Crippen molar-refractivity contribution in [3.8, 4) is 0 Å². The van der Waals surface area contributed by atoms with Crippen LogP contribution in [0.1, 0.15) is 25.0 Å². The van der Waals surface area contributed by atoms with Crippen LogP contribution in [-0.4, -0.2) is 35.2 Å². The monoisotopic (exact) mass is 269 g/mol. The Hall–Kier alpha value is -0.940. The minimum atomic E-state index is -0.843. The number of thioether (sulfide) groups is 1. The largest absolute Gasteiger partial charge is 0.469 e. The Balaban J connectivity index is 1.77. The molecule has 1 aromatic rings. The predicted octanol–water partition coefficient (Wildman–Crippen LogP) is 1.61. The summed E-state index contributed by atoms with van der Waals surface area (Å²) >= 11 is 1.57. The molecule has 5 heteroatoms. The highest BCUT2D eigenvalue weighted by Crippen LogP contribution is 2.47. The lowest BCUT2D eigenvalue weighted by Crippen LogP contribution is -2.43. The van der Waals surface area contributed by atoms with Gasteiger partial charge in [0.25, 0.3) is 0 Å². The van der Waals surface area contributed by atoms with Gasteiger partial charge in [-0.25, -0.2) is 0 Å². The fourth-order valence-electron chi connectivity index (χ4n) is 2.07. The number of nitrogens with one attached hydrogen (secondary N) is 1. The van der Waals surface area contributed by atoms with Crippen LogP contribution >= 0.6 is 11.8 Å². The summed E-state index contributed by atoms with van der Waals surface area (Å²) in [6, 6.07) is 3.74. The number of hydrogen-bond acceptors (Lipinski definition) is 4. The fraction of sp³-hybridized carbons (Fsp3) is 0.615. The normalized spacial score (nSPS) is 25.5. The maximum atomic E-state index is 11.9. The second-order valence-corrected chi connectivity index (χ2v) is 5.98. The fourth-order valence-corrected chi connectivity index (χ4v) is 2.80. The minimum absolute atomic E-state index is 0.00114. The van der Waals surface area contributed by atoms with Gasteiger partial charge in [0, 0.05) is 24.1 Å². The zero-order valence-corrected chi connectivity index (χ0v) is 11.5. The van der Waals surface area contributed by atoms with Crippen LogP contribution in [0.2, 0.25) is 0 Å². The van der Waals surface area contributed by atoms with Crippen LogP contribution < -0.4 is 5.32 Å². The van der Waals surface area contributed by atoms with Crippen molar-refractivity contribution in [1.82, 2.24) is 5.32 Å². The van der Waals surface area contributed by atoms with Gasteiger partial charge in [0.05, 0.1) is 11.9 Å². The highest BCUT2D eigenvalue weighted by Gasteiger charge is 2.46. The summed E-state index contributed by atoms with van der Waals surface area (Å²) in [5.41, 5.74) is -0.843. The molecule has 3 unspecified atom stereocenters. The third-order valence-corrected chi connectivity index (χ3v) is 4.05. The summed E-state index contributed by atoms with van der Waals surface area (Å²) in [5, 5.41) is 12.8. The van der Waals surface area contributed by atoms with E-state index in [2.05, 4.69) is 5.32 Å². The van der Waals surface area contributed by atoms with E-state index in [9.17, 15) is 9.90 Å². The molecule has 0 aliphatic heterocycles. The Morgan fingerprint density at radius 3 is 3.11 bits per heavy atom. The standard InChI is InChI=1S/C13H19NO3S/c1-13(16,8-18-2)7-14-12(15)10-6-9(10)11-4-3-5-17-11/h3-5,9-10,16H,6-8H2,1-2H3,(H,14,15). The van der Waals surface area contributed by atoms with Crippen LogP contribution in [0.3, 0.4) is 0 Å². The second kappa shape index (κ2) is 5.36. The highest BCUT2D eigenvalue weighted by molar-refractivity contribution is 7.98. The third kappa shape index (κ3) is 3.29. The first-order valence-electron chi connectivity index (χ1n) is 6.06. The molecule has 1 saturated carbocycles. The van der Waals surface area contributed by atoms with Gasteiger partial charge < -0.3 is 14.8 Å².